The minimum Gasteiger partial charge on any atom is -0.546 e. The highest BCUT2D eigenvalue weighted by Crippen LogP contribution is 2.29. The molecule has 0 amide bonds. The lowest BCUT2D eigenvalue weighted by atomic mass is 10.2. The third-order valence-corrected chi connectivity index (χ3v) is 4.17. The monoisotopic (exact) mass is 308 g/mol. The van der Waals surface area contributed by atoms with Gasteiger partial charge < -0.3 is 14.6 Å². The van der Waals surface area contributed by atoms with E-state index >= 15 is 0 Å². The number of aliphatic carboxylic acids is 1. The first-order valence-electron chi connectivity index (χ1n) is 5.58. The topological polar surface area (TPSA) is 78.8 Å². The van der Waals surface area contributed by atoms with Crippen LogP contribution in [-0.2, 0) is 9.59 Å². The Morgan fingerprint density at radius 2 is 2.15 bits per heavy atom. The summed E-state index contributed by atoms with van der Waals surface area (Å²) in [6.45, 7) is -0.489. The van der Waals surface area contributed by atoms with Crippen LogP contribution in [-0.4, -0.2) is 28.3 Å². The molecule has 20 heavy (non-hydrogen) atoms. The van der Waals surface area contributed by atoms with Gasteiger partial charge in [0.2, 0.25) is 5.12 Å². The highest BCUT2D eigenvalue weighted by atomic mass is 32.2. The number of carbonyl (C=O) groups is 2. The molecule has 5 nitrogen and oxygen atoms in total. The second-order valence-corrected chi connectivity index (χ2v) is 5.75. The Kier molecular flexibility index (Phi) is 4.86. The van der Waals surface area contributed by atoms with E-state index in [1.165, 1.54) is 11.8 Å². The van der Waals surface area contributed by atoms with Crippen LogP contribution in [0.2, 0.25) is 0 Å². The Labute approximate surface area is 124 Å². The fraction of sp³-hybridized carbons (Fsp3) is 0.154. The summed E-state index contributed by atoms with van der Waals surface area (Å²) in [6.07, 6.45) is 3.55. The van der Waals surface area contributed by atoms with Crippen LogP contribution in [0.1, 0.15) is 5.56 Å². The smallest absolute Gasteiger partial charge is 0.244 e. The highest BCUT2D eigenvalue weighted by molar-refractivity contribution is 8.45. The normalized spacial score (nSPS) is 16.4. The molecule has 0 spiro atoms. The molecule has 2 rings (SSSR count). The van der Waals surface area contributed by atoms with Gasteiger partial charge in [0, 0.05) is 0 Å². The molecule has 1 aliphatic heterocycles. The predicted molar refractivity (Wildman–Crippen MR) is 78.5 cm³/mol. The number of nitrogens with zero attached hydrogens (tertiary/aromatic N) is 1. The third-order valence-electron chi connectivity index (χ3n) is 2.32. The Bertz CT molecular complexity index is 593. The quantitative estimate of drug-likeness (QED) is 0.776. The number of ether oxygens (including phenoxy) is 1. The highest BCUT2D eigenvalue weighted by Gasteiger charge is 2.21. The molecule has 0 saturated carbocycles. The van der Waals surface area contributed by atoms with Gasteiger partial charge in [0.15, 0.2) is 0 Å². The van der Waals surface area contributed by atoms with Crippen LogP contribution >= 0.6 is 23.5 Å². The first-order valence-corrected chi connectivity index (χ1v) is 7.62. The summed E-state index contributed by atoms with van der Waals surface area (Å²) in [5.41, 5.74) is 1.20. The summed E-state index contributed by atoms with van der Waals surface area (Å²) in [6, 6.07) is 6.70. The first-order chi connectivity index (χ1) is 9.58. The molecule has 0 fully saturated rings. The van der Waals surface area contributed by atoms with Gasteiger partial charge in [-0.1, -0.05) is 12.1 Å². The Balaban J connectivity index is 2.09. The van der Waals surface area contributed by atoms with Gasteiger partial charge in [0.25, 0.3) is 0 Å². The lowest BCUT2D eigenvalue weighted by molar-refractivity contribution is -0.307. The van der Waals surface area contributed by atoms with E-state index in [9.17, 15) is 14.7 Å². The lowest BCUT2D eigenvalue weighted by Gasteiger charge is -2.06. The number of hydrogen-bond donors (Lipinski definition) is 0. The van der Waals surface area contributed by atoms with E-state index in [-0.39, 0.29) is 5.12 Å². The van der Waals surface area contributed by atoms with Gasteiger partial charge in [0.1, 0.15) is 22.4 Å². The molecule has 7 heteroatoms. The number of rotatable bonds is 4. The zero-order chi connectivity index (χ0) is 14.5. The van der Waals surface area contributed by atoms with Crippen LogP contribution in [0.4, 0.5) is 0 Å². The summed E-state index contributed by atoms with van der Waals surface area (Å²) in [7, 11) is 0. The summed E-state index contributed by atoms with van der Waals surface area (Å²) in [4.78, 5) is 26.1. The van der Waals surface area contributed by atoms with Gasteiger partial charge >= 0.3 is 0 Å². The van der Waals surface area contributed by atoms with Crippen molar-refractivity contribution in [3.05, 3.63) is 35.5 Å². The number of carboxylic acid groups (broad SMARTS) is 1. The molecule has 1 heterocycles. The van der Waals surface area contributed by atoms with Gasteiger partial charge in [-0.3, -0.25) is 4.79 Å². The second kappa shape index (κ2) is 6.62. The van der Waals surface area contributed by atoms with Crippen molar-refractivity contribution in [1.29, 1.82) is 0 Å². The van der Waals surface area contributed by atoms with Crippen molar-refractivity contribution >= 4 is 45.1 Å². The Morgan fingerprint density at radius 1 is 1.45 bits per heavy atom. The van der Waals surface area contributed by atoms with Crippen LogP contribution in [0.25, 0.3) is 6.08 Å². The van der Waals surface area contributed by atoms with Crippen molar-refractivity contribution in [3.63, 3.8) is 0 Å². The molecule has 0 unspecified atom stereocenters. The Morgan fingerprint density at radius 3 is 2.70 bits per heavy atom. The maximum atomic E-state index is 11.7. The number of carboxylic acids is 1. The number of thioether (sulfide) groups is 2. The molecule has 0 radical (unpaired) electrons. The molecule has 104 valence electrons. The van der Waals surface area contributed by atoms with E-state index in [1.807, 2.05) is 6.26 Å². The number of aliphatic imine (C=N–C) groups is 1. The first kappa shape index (κ1) is 14.7. The van der Waals surface area contributed by atoms with E-state index in [4.69, 9.17) is 4.74 Å². The SMILES string of the molecule is CSC1=N/C(=C\c2ccc(OCC(=O)[O-])cc2)C(=O)S1. The van der Waals surface area contributed by atoms with Gasteiger partial charge in [-0.2, -0.15) is 0 Å². The minimum absolute atomic E-state index is 0.0772. The number of carbonyl (C=O) groups excluding carboxylic acids is 2. The minimum atomic E-state index is -1.27. The maximum Gasteiger partial charge on any atom is 0.244 e. The van der Waals surface area contributed by atoms with E-state index in [0.717, 1.165) is 21.7 Å². The van der Waals surface area contributed by atoms with Crippen LogP contribution < -0.4 is 9.84 Å². The molecule has 1 aliphatic rings. The molecule has 0 aromatic heterocycles. The van der Waals surface area contributed by atoms with Crippen molar-refractivity contribution in [2.75, 3.05) is 12.9 Å². The Hall–Kier alpha value is -1.73. The molecule has 0 aliphatic carbocycles. The largest absolute Gasteiger partial charge is 0.546 e. The zero-order valence-corrected chi connectivity index (χ0v) is 12.1. The van der Waals surface area contributed by atoms with Crippen molar-refractivity contribution in [3.8, 4) is 5.75 Å². The average Bonchev–Trinajstić information content (AvgIpc) is 2.78. The maximum absolute atomic E-state index is 11.7. The van der Waals surface area contributed by atoms with Gasteiger partial charge in [-0.15, -0.1) is 11.8 Å². The fourth-order valence-electron chi connectivity index (χ4n) is 1.44. The zero-order valence-electron chi connectivity index (χ0n) is 10.5. The van der Waals surface area contributed by atoms with Crippen molar-refractivity contribution in [2.45, 2.75) is 0 Å². The number of hydrogen-bond acceptors (Lipinski definition) is 7. The summed E-state index contributed by atoms with van der Waals surface area (Å²) >= 11 is 2.55. The molecule has 1 aromatic carbocycles. The summed E-state index contributed by atoms with van der Waals surface area (Å²) in [5.74, 6) is -0.847. The molecule has 0 atom stereocenters. The molecular formula is C13H10NO4S2-. The van der Waals surface area contributed by atoms with Crippen molar-refractivity contribution in [2.24, 2.45) is 4.99 Å². The second-order valence-electron chi connectivity index (χ2n) is 3.73. The summed E-state index contributed by atoms with van der Waals surface area (Å²) in [5, 5.41) is 10.2. The summed E-state index contributed by atoms with van der Waals surface area (Å²) < 4.78 is 5.69. The third kappa shape index (κ3) is 3.88. The van der Waals surface area contributed by atoms with Gasteiger partial charge in [-0.05, 0) is 41.8 Å². The molecule has 0 bridgehead atoms. The van der Waals surface area contributed by atoms with Crippen molar-refractivity contribution < 1.29 is 19.4 Å². The van der Waals surface area contributed by atoms with Crippen LogP contribution in [0.3, 0.4) is 0 Å². The number of benzene rings is 1. The van der Waals surface area contributed by atoms with E-state index < -0.39 is 12.6 Å². The molecule has 1 aromatic rings. The van der Waals surface area contributed by atoms with E-state index in [1.54, 1.807) is 30.3 Å². The fourth-order valence-corrected chi connectivity index (χ4v) is 2.70. The van der Waals surface area contributed by atoms with Crippen LogP contribution in [0.5, 0.6) is 5.75 Å². The van der Waals surface area contributed by atoms with Crippen LogP contribution in [0.15, 0.2) is 35.0 Å². The molecule has 0 saturated heterocycles. The lowest BCUT2D eigenvalue weighted by Crippen LogP contribution is -2.28. The van der Waals surface area contributed by atoms with Crippen LogP contribution in [0, 0.1) is 0 Å². The van der Waals surface area contributed by atoms with E-state index in [0.29, 0.717) is 11.4 Å². The molecule has 0 N–H and O–H groups in total. The standard InChI is InChI=1S/C13H11NO4S2/c1-19-13-14-10(12(17)20-13)6-8-2-4-9(5-3-8)18-7-11(15)16/h2-6H,7H2,1H3,(H,15,16)/p-1/b10-6-. The van der Waals surface area contributed by atoms with E-state index in [2.05, 4.69) is 4.99 Å². The van der Waals surface area contributed by atoms with Crippen molar-refractivity contribution in [1.82, 2.24) is 0 Å². The average molecular weight is 308 g/mol. The van der Waals surface area contributed by atoms with Gasteiger partial charge in [-0.25, -0.2) is 4.99 Å². The molecular weight excluding hydrogens is 298 g/mol. The van der Waals surface area contributed by atoms with Gasteiger partial charge in [0.05, 0.1) is 5.97 Å². The predicted octanol–water partition coefficient (Wildman–Crippen LogP) is 1.15.